The zero-order valence-corrected chi connectivity index (χ0v) is 11.8. The first-order valence-corrected chi connectivity index (χ1v) is 6.61. The minimum atomic E-state index is -0.0439. The number of halogens is 2. The maximum Gasteiger partial charge on any atom is 0.256 e. The molecular formula is C12H13BrClNO2. The molecule has 0 saturated carbocycles. The van der Waals surface area contributed by atoms with E-state index in [2.05, 4.69) is 15.9 Å². The largest absolute Gasteiger partial charge is 0.375 e. The van der Waals surface area contributed by atoms with Gasteiger partial charge in [-0.3, -0.25) is 4.79 Å². The molecule has 0 spiro atoms. The van der Waals surface area contributed by atoms with E-state index in [9.17, 15) is 4.79 Å². The van der Waals surface area contributed by atoms with E-state index < -0.39 is 0 Å². The molecule has 1 heterocycles. The predicted octanol–water partition coefficient (Wildman–Crippen LogP) is 2.96. The second-order valence-corrected chi connectivity index (χ2v) is 5.29. The van der Waals surface area contributed by atoms with Gasteiger partial charge in [0.1, 0.15) is 0 Å². The Balaban J connectivity index is 2.24. The van der Waals surface area contributed by atoms with Gasteiger partial charge in [-0.2, -0.15) is 0 Å². The molecule has 0 aliphatic carbocycles. The summed E-state index contributed by atoms with van der Waals surface area (Å²) in [6, 6.07) is 5.36. The fourth-order valence-corrected chi connectivity index (χ4v) is 2.77. The van der Waals surface area contributed by atoms with Crippen LogP contribution in [0.5, 0.6) is 0 Å². The molecule has 1 fully saturated rings. The van der Waals surface area contributed by atoms with Gasteiger partial charge in [0.05, 0.1) is 23.3 Å². The number of amides is 1. The fourth-order valence-electron chi connectivity index (χ4n) is 1.86. The van der Waals surface area contributed by atoms with Crippen molar-refractivity contribution >= 4 is 33.4 Å². The van der Waals surface area contributed by atoms with Crippen molar-refractivity contribution < 1.29 is 9.53 Å². The lowest BCUT2D eigenvalue weighted by atomic mass is 10.1. The third kappa shape index (κ3) is 2.81. The summed E-state index contributed by atoms with van der Waals surface area (Å²) in [5.41, 5.74) is 0.531. The van der Waals surface area contributed by atoms with E-state index in [0.717, 1.165) is 4.47 Å². The van der Waals surface area contributed by atoms with Crippen LogP contribution in [0.1, 0.15) is 17.3 Å². The highest BCUT2D eigenvalue weighted by molar-refractivity contribution is 9.10. The lowest BCUT2D eigenvalue weighted by Crippen LogP contribution is -2.44. The Kier molecular flexibility index (Phi) is 4.07. The van der Waals surface area contributed by atoms with Crippen molar-refractivity contribution in [1.82, 2.24) is 4.90 Å². The molecule has 1 aromatic rings. The van der Waals surface area contributed by atoms with E-state index in [1.807, 2.05) is 19.1 Å². The van der Waals surface area contributed by atoms with Crippen molar-refractivity contribution in [1.29, 1.82) is 0 Å². The first kappa shape index (κ1) is 12.9. The van der Waals surface area contributed by atoms with Crippen molar-refractivity contribution in [2.24, 2.45) is 0 Å². The lowest BCUT2D eigenvalue weighted by molar-refractivity contribution is -0.0124. The standard InChI is InChI=1S/C12H13BrClNO2/c1-8-7-15(5-6-17-8)12(16)11-9(13)3-2-4-10(11)14/h2-4,8H,5-7H2,1H3/t8-/m0/s1. The van der Waals surface area contributed by atoms with Gasteiger partial charge in [-0.15, -0.1) is 0 Å². The molecule has 3 nitrogen and oxygen atoms in total. The predicted molar refractivity (Wildman–Crippen MR) is 70.5 cm³/mol. The number of hydrogen-bond acceptors (Lipinski definition) is 2. The summed E-state index contributed by atoms with van der Waals surface area (Å²) in [5, 5.41) is 0.475. The van der Waals surface area contributed by atoms with Crippen LogP contribution in [0.25, 0.3) is 0 Å². The van der Waals surface area contributed by atoms with Crippen LogP contribution in [0.3, 0.4) is 0 Å². The second-order valence-electron chi connectivity index (χ2n) is 4.03. The quantitative estimate of drug-likeness (QED) is 0.797. The van der Waals surface area contributed by atoms with Gasteiger partial charge in [-0.25, -0.2) is 0 Å². The number of ether oxygens (including phenoxy) is 1. The number of rotatable bonds is 1. The van der Waals surface area contributed by atoms with E-state index in [1.165, 1.54) is 0 Å². The Hall–Kier alpha value is -0.580. The Morgan fingerprint density at radius 1 is 1.59 bits per heavy atom. The van der Waals surface area contributed by atoms with Crippen molar-refractivity contribution in [2.45, 2.75) is 13.0 Å². The summed E-state index contributed by atoms with van der Waals surface area (Å²) in [7, 11) is 0. The van der Waals surface area contributed by atoms with E-state index in [4.69, 9.17) is 16.3 Å². The van der Waals surface area contributed by atoms with Crippen LogP contribution in [0, 0.1) is 0 Å². The maximum atomic E-state index is 12.3. The zero-order valence-electron chi connectivity index (χ0n) is 9.45. The van der Waals surface area contributed by atoms with Crippen molar-refractivity contribution in [3.8, 4) is 0 Å². The van der Waals surface area contributed by atoms with Gasteiger partial charge in [0.25, 0.3) is 5.91 Å². The van der Waals surface area contributed by atoms with E-state index in [0.29, 0.717) is 30.3 Å². The topological polar surface area (TPSA) is 29.5 Å². The number of hydrogen-bond donors (Lipinski definition) is 0. The van der Waals surface area contributed by atoms with Gasteiger partial charge >= 0.3 is 0 Å². The minimum absolute atomic E-state index is 0.0439. The number of benzene rings is 1. The molecule has 0 bridgehead atoms. The Labute approximate surface area is 114 Å². The summed E-state index contributed by atoms with van der Waals surface area (Å²) in [6.07, 6.45) is 0.0777. The molecule has 0 unspecified atom stereocenters. The van der Waals surface area contributed by atoms with Gasteiger partial charge in [-0.05, 0) is 35.0 Å². The van der Waals surface area contributed by atoms with Gasteiger partial charge in [-0.1, -0.05) is 17.7 Å². The summed E-state index contributed by atoms with van der Waals surface area (Å²) in [6.45, 7) is 3.76. The minimum Gasteiger partial charge on any atom is -0.375 e. The van der Waals surface area contributed by atoms with Crippen molar-refractivity contribution in [2.75, 3.05) is 19.7 Å². The molecule has 1 amide bonds. The van der Waals surface area contributed by atoms with Gasteiger partial charge in [0.15, 0.2) is 0 Å². The van der Waals surface area contributed by atoms with E-state index >= 15 is 0 Å². The fraction of sp³-hybridized carbons (Fsp3) is 0.417. The second kappa shape index (κ2) is 5.38. The molecule has 0 radical (unpaired) electrons. The van der Waals surface area contributed by atoms with Crippen LogP contribution >= 0.6 is 27.5 Å². The van der Waals surface area contributed by atoms with Crippen molar-refractivity contribution in [3.63, 3.8) is 0 Å². The van der Waals surface area contributed by atoms with Crippen LogP contribution in [-0.2, 0) is 4.74 Å². The number of carbonyl (C=O) groups excluding carboxylic acids is 1. The molecule has 5 heteroatoms. The third-order valence-corrected chi connectivity index (χ3v) is 3.68. The molecule has 17 heavy (non-hydrogen) atoms. The first-order valence-electron chi connectivity index (χ1n) is 5.44. The monoisotopic (exact) mass is 317 g/mol. The van der Waals surface area contributed by atoms with Crippen LogP contribution in [-0.4, -0.2) is 36.6 Å². The smallest absolute Gasteiger partial charge is 0.256 e. The number of nitrogens with zero attached hydrogens (tertiary/aromatic N) is 1. The first-order chi connectivity index (χ1) is 8.09. The Morgan fingerprint density at radius 2 is 2.35 bits per heavy atom. The SMILES string of the molecule is C[C@H]1CN(C(=O)c2c(Cl)cccc2Br)CCO1. The molecule has 1 aliphatic heterocycles. The summed E-state index contributed by atoms with van der Waals surface area (Å²) in [5.74, 6) is -0.0439. The molecule has 1 aliphatic rings. The maximum absolute atomic E-state index is 12.3. The summed E-state index contributed by atoms with van der Waals surface area (Å²) >= 11 is 9.44. The molecule has 0 N–H and O–H groups in total. The summed E-state index contributed by atoms with van der Waals surface area (Å²) in [4.78, 5) is 14.1. The van der Waals surface area contributed by atoms with Crippen LogP contribution in [0.4, 0.5) is 0 Å². The van der Waals surface area contributed by atoms with Gasteiger partial charge < -0.3 is 9.64 Å². The molecule has 2 rings (SSSR count). The van der Waals surface area contributed by atoms with E-state index in [-0.39, 0.29) is 12.0 Å². The molecule has 1 atom stereocenters. The molecule has 1 aromatic carbocycles. The van der Waals surface area contributed by atoms with E-state index in [1.54, 1.807) is 11.0 Å². The highest BCUT2D eigenvalue weighted by atomic mass is 79.9. The molecular weight excluding hydrogens is 305 g/mol. The average Bonchev–Trinajstić information content (AvgIpc) is 2.28. The third-order valence-electron chi connectivity index (χ3n) is 2.70. The van der Waals surface area contributed by atoms with Crippen LogP contribution in [0.15, 0.2) is 22.7 Å². The lowest BCUT2D eigenvalue weighted by Gasteiger charge is -2.31. The van der Waals surface area contributed by atoms with Crippen molar-refractivity contribution in [3.05, 3.63) is 33.3 Å². The number of morpholine rings is 1. The highest BCUT2D eigenvalue weighted by Crippen LogP contribution is 2.26. The van der Waals surface area contributed by atoms with Crippen LogP contribution in [0.2, 0.25) is 5.02 Å². The Morgan fingerprint density at radius 3 is 3.00 bits per heavy atom. The zero-order chi connectivity index (χ0) is 12.4. The Bertz CT molecular complexity index is 418. The summed E-state index contributed by atoms with van der Waals surface area (Å²) < 4.78 is 6.15. The number of carbonyl (C=O) groups is 1. The average molecular weight is 319 g/mol. The normalized spacial score (nSPS) is 20.4. The van der Waals surface area contributed by atoms with Gasteiger partial charge in [0.2, 0.25) is 0 Å². The molecule has 1 saturated heterocycles. The van der Waals surface area contributed by atoms with Gasteiger partial charge in [0, 0.05) is 17.6 Å². The molecule has 92 valence electrons. The highest BCUT2D eigenvalue weighted by Gasteiger charge is 2.25. The molecule has 0 aromatic heterocycles. The van der Waals surface area contributed by atoms with Crippen LogP contribution < -0.4 is 0 Å².